The molecular weight excluding hydrogens is 1630 g/mol. The Morgan fingerprint density at radius 1 is 0.476 bits per heavy atom. The first-order valence-electron chi connectivity index (χ1n) is 36.1. The van der Waals surface area contributed by atoms with Crippen molar-refractivity contribution in [2.45, 2.75) is 280 Å². The summed E-state index contributed by atoms with van der Waals surface area (Å²) in [6.45, 7) is 8.91. The van der Waals surface area contributed by atoms with Crippen molar-refractivity contribution in [1.82, 2.24) is 10.6 Å². The Bertz CT molecular complexity index is 2780. The summed E-state index contributed by atoms with van der Waals surface area (Å²) in [5, 5.41) is 24.3. The Balaban J connectivity index is 0.000000692. The molecule has 2 heterocycles. The van der Waals surface area contributed by atoms with Gasteiger partial charge in [0.1, 0.15) is 49.7 Å². The second kappa shape index (κ2) is 56.1. The van der Waals surface area contributed by atoms with E-state index in [4.69, 9.17) is 185 Å². The van der Waals surface area contributed by atoms with Crippen molar-refractivity contribution in [3.05, 3.63) is 71.8 Å². The number of nitrogens with one attached hydrogen (secondary N) is 3. The summed E-state index contributed by atoms with van der Waals surface area (Å²) in [7, 11) is -6.55. The quantitative estimate of drug-likeness (QED) is 0.00912. The van der Waals surface area contributed by atoms with Crippen LogP contribution in [0.15, 0.2) is 60.7 Å². The number of alkyl halides is 11. The monoisotopic (exact) mass is 1740 g/mol. The van der Waals surface area contributed by atoms with Crippen molar-refractivity contribution >= 4 is 172 Å². The number of benzene rings is 2. The highest BCUT2D eigenvalue weighted by atomic mass is 35.6. The molecule has 0 spiro atoms. The van der Waals surface area contributed by atoms with E-state index in [1.54, 1.807) is 0 Å². The van der Waals surface area contributed by atoms with Gasteiger partial charge in [-0.25, -0.2) is 9.59 Å². The Morgan fingerprint density at radius 3 is 1.11 bits per heavy atom. The molecule has 2 aliphatic heterocycles. The summed E-state index contributed by atoms with van der Waals surface area (Å²) in [6.07, 6.45) is 17.3. The average Bonchev–Trinajstić information content (AvgIpc) is 0.788. The topological polar surface area (TPSA) is 272 Å². The maximum absolute atomic E-state index is 13.4. The molecule has 2 saturated heterocycles. The fourth-order valence-corrected chi connectivity index (χ4v) is 13.3. The molecule has 606 valence electrons. The number of carbonyl (C=O) groups excluding carboxylic acids is 4. The summed E-state index contributed by atoms with van der Waals surface area (Å²) in [5.74, 6) is -2.05. The van der Waals surface area contributed by atoms with Crippen LogP contribution < -0.4 is 10.6 Å². The van der Waals surface area contributed by atoms with E-state index in [0.717, 1.165) is 56.1 Å². The zero-order valence-electron chi connectivity index (χ0n) is 61.2. The van der Waals surface area contributed by atoms with Crippen LogP contribution in [0.1, 0.15) is 205 Å². The molecule has 0 aromatic heterocycles. The number of hydrogen-bond acceptors (Lipinski definition) is 19. The Hall–Kier alpha value is -1.24. The van der Waals surface area contributed by atoms with Crippen molar-refractivity contribution in [2.75, 3.05) is 58.4 Å². The molecule has 34 heteroatoms. The molecule has 2 fully saturated rings. The van der Waals surface area contributed by atoms with Crippen LogP contribution in [0, 0.1) is 5.41 Å². The molecule has 2 aliphatic rings. The van der Waals surface area contributed by atoms with Gasteiger partial charge < -0.3 is 67.4 Å². The van der Waals surface area contributed by atoms with Gasteiger partial charge in [0.25, 0.3) is 3.79 Å². The van der Waals surface area contributed by atoms with Gasteiger partial charge in [0.05, 0.1) is 31.8 Å². The van der Waals surface area contributed by atoms with E-state index in [2.05, 4.69) is 24.5 Å². The maximum Gasteiger partial charge on any atom is 0.407 e. The van der Waals surface area contributed by atoms with Gasteiger partial charge in [-0.05, 0) is 24.0 Å². The van der Waals surface area contributed by atoms with Crippen LogP contribution in [-0.4, -0.2) is 166 Å². The van der Waals surface area contributed by atoms with Crippen LogP contribution in [-0.2, 0) is 83.6 Å². The van der Waals surface area contributed by atoms with Crippen LogP contribution in [0.4, 0.5) is 9.59 Å². The molecule has 0 bridgehead atoms. The highest BCUT2D eigenvalue weighted by Gasteiger charge is 2.54. The molecule has 10 atom stereocenters. The minimum absolute atomic E-state index is 0.0485. The molecule has 4 N–H and O–H groups in total. The molecule has 2 aromatic carbocycles. The first kappa shape index (κ1) is 99.8. The van der Waals surface area contributed by atoms with Crippen LogP contribution >= 0.6 is 142 Å². The Morgan fingerprint density at radius 2 is 0.790 bits per heavy atom. The van der Waals surface area contributed by atoms with E-state index in [9.17, 15) is 33.4 Å². The number of esters is 2. The Kier molecular flexibility index (Phi) is 53.3. The van der Waals surface area contributed by atoms with Crippen molar-refractivity contribution < 1.29 is 85.1 Å². The van der Waals surface area contributed by atoms with Gasteiger partial charge in [-0.2, -0.15) is 0 Å². The van der Waals surface area contributed by atoms with E-state index >= 15 is 0 Å². The van der Waals surface area contributed by atoms with E-state index in [-0.39, 0.29) is 44.6 Å². The van der Waals surface area contributed by atoms with Crippen molar-refractivity contribution in [1.29, 1.82) is 5.41 Å². The number of rotatable bonds is 47. The standard InChI is InChI=1S/C36H55Cl6N2O9P.C34H55Cl3NO9P.CH2Cl2/c1-4-5-6-7-8-9-10-11-12-13-14-15-19-22-28(45)51-31-29(44-34(46)49-25-35(37,38)39)32(52-33(43)36(40,41)42)50-27(30(31)53-54(2,3)47)24-48-23-26-20-17-16-18-21-26;1-4-5-6-7-8-9-10-11-12-13-14-15-19-22-28(39)46-31-29(38-33(41)44-25-34(35,36)37)32(40)45-27(30(31)47-48(2,3)42)24-43-23-26-20-17-16-18-21-26;2-1-3/h16-18,20-21,27,29-32,43H,4-15,19,22-25H2,1-3H3,(H,44,46);16-18,20-21,27,29-32,40H,4-15,19,22-25H2,1-3H3,(H,38,41);1H2/t27?,29?,30-,31-,32-;27?,29?,30-,31-,32+;/m11./s1. The van der Waals surface area contributed by atoms with Crippen LogP contribution in [0.2, 0.25) is 0 Å². The van der Waals surface area contributed by atoms with Crippen LogP contribution in [0.3, 0.4) is 0 Å². The van der Waals surface area contributed by atoms with Crippen molar-refractivity contribution in [3.8, 4) is 0 Å². The SMILES string of the molecule is CCCCCCCCCCCCCCCC(=O)O[C@@H]1C(NC(=O)OCC(Cl)(Cl)Cl)[C@@H](O)OC(COCc2ccccc2)[C@H]1OP(C)(C)=O.CCCCCCCCCCCCCCCC(=O)O[C@@H]1C(NC(=O)OCC(Cl)(Cl)Cl)[C@@H](OC(=N)C(Cl)(Cl)Cl)OC(COCc2ccccc2)[C@H]1OP(C)(C)=O.ClCCl. The molecule has 2 amide bonds. The van der Waals surface area contributed by atoms with Crippen molar-refractivity contribution in [2.24, 2.45) is 0 Å². The first-order valence-corrected chi connectivity index (χ1v) is 45.6. The molecule has 4 rings (SSSR count). The summed E-state index contributed by atoms with van der Waals surface area (Å²) in [5.41, 5.74) is 1.75. The van der Waals surface area contributed by atoms with E-state index in [1.807, 2.05) is 60.7 Å². The lowest BCUT2D eigenvalue weighted by atomic mass is 9.96. The molecule has 4 unspecified atom stereocenters. The summed E-state index contributed by atoms with van der Waals surface area (Å²) in [4.78, 5) is 52.2. The molecule has 0 aliphatic carbocycles. The highest BCUT2D eigenvalue weighted by molar-refractivity contribution is 7.57. The van der Waals surface area contributed by atoms with Crippen LogP contribution in [0.5, 0.6) is 0 Å². The van der Waals surface area contributed by atoms with Crippen molar-refractivity contribution in [3.63, 3.8) is 0 Å². The number of alkyl carbamates (subject to hydrolysis) is 2. The normalized spacial score (nSPS) is 20.6. The van der Waals surface area contributed by atoms with E-state index in [1.165, 1.54) is 136 Å². The lowest BCUT2D eigenvalue weighted by Crippen LogP contribution is -2.66. The number of amides is 2. The van der Waals surface area contributed by atoms with Gasteiger partial charge in [0, 0.05) is 39.5 Å². The maximum atomic E-state index is 13.4. The number of carbonyl (C=O) groups is 4. The second-order valence-electron chi connectivity index (χ2n) is 26.4. The van der Waals surface area contributed by atoms with E-state index in [0.29, 0.717) is 12.8 Å². The second-order valence-corrected chi connectivity index (χ2v) is 40.0. The number of aliphatic hydroxyl groups excluding tert-OH is 1. The number of hydrogen-bond donors (Lipinski definition) is 4. The zero-order valence-corrected chi connectivity index (χ0v) is 71.3. The smallest absolute Gasteiger partial charge is 0.407 e. The first-order chi connectivity index (χ1) is 49.6. The van der Waals surface area contributed by atoms with Gasteiger partial charge in [0.2, 0.25) is 19.8 Å². The molecule has 0 radical (unpaired) electrons. The van der Waals surface area contributed by atoms with Gasteiger partial charge in [-0.1, -0.05) is 333 Å². The molecule has 2 aromatic rings. The fraction of sp³-hybridized carbons (Fsp3) is 0.761. The van der Waals surface area contributed by atoms with Gasteiger partial charge >= 0.3 is 24.1 Å². The molecular formula is C71H112Cl11N3O18P2. The highest BCUT2D eigenvalue weighted by Crippen LogP contribution is 2.45. The minimum Gasteiger partial charge on any atom is -0.457 e. The van der Waals surface area contributed by atoms with Gasteiger partial charge in [-0.3, -0.25) is 24.1 Å². The lowest BCUT2D eigenvalue weighted by Gasteiger charge is -2.45. The average molecular weight is 1750 g/mol. The largest absolute Gasteiger partial charge is 0.457 e. The molecule has 21 nitrogen and oxygen atoms in total. The third-order valence-electron chi connectivity index (χ3n) is 16.1. The van der Waals surface area contributed by atoms with Gasteiger partial charge in [0.15, 0.2) is 33.2 Å². The molecule has 0 saturated carbocycles. The predicted octanol–water partition coefficient (Wildman–Crippen LogP) is 21.2. The number of unbranched alkanes of at least 4 members (excludes halogenated alkanes) is 24. The lowest BCUT2D eigenvalue weighted by molar-refractivity contribution is -0.256. The molecule has 105 heavy (non-hydrogen) atoms. The third kappa shape index (κ3) is 49.8. The number of ether oxygens (including phenoxy) is 9. The van der Waals surface area contributed by atoms with E-state index < -0.39 is 131 Å². The fourth-order valence-electron chi connectivity index (χ4n) is 11.2. The third-order valence-corrected chi connectivity index (χ3v) is 18.8. The predicted molar refractivity (Wildman–Crippen MR) is 424 cm³/mol. The summed E-state index contributed by atoms with van der Waals surface area (Å²) in [6, 6.07) is 15.9. The zero-order chi connectivity index (χ0) is 78.3. The van der Waals surface area contributed by atoms with Crippen LogP contribution in [0.25, 0.3) is 0 Å². The Labute approximate surface area is 678 Å². The number of halogens is 11. The van der Waals surface area contributed by atoms with Gasteiger partial charge in [-0.15, -0.1) is 23.2 Å². The summed E-state index contributed by atoms with van der Waals surface area (Å²) < 4.78 is 83.1. The number of aliphatic hydroxyl groups is 1. The summed E-state index contributed by atoms with van der Waals surface area (Å²) >= 11 is 61.7. The minimum atomic E-state index is -3.33.